The van der Waals surface area contributed by atoms with Crippen LogP contribution in [0.1, 0.15) is 19.4 Å². The van der Waals surface area contributed by atoms with Gasteiger partial charge in [0.15, 0.2) is 9.84 Å². The van der Waals surface area contributed by atoms with E-state index in [-0.39, 0.29) is 11.7 Å². The first kappa shape index (κ1) is 12.5. The predicted octanol–water partition coefficient (Wildman–Crippen LogP) is 2.86. The van der Waals surface area contributed by atoms with E-state index in [0.29, 0.717) is 10.8 Å². The van der Waals surface area contributed by atoms with E-state index < -0.39 is 9.84 Å². The fraction of sp³-hybridized carbons (Fsp3) is 0.455. The third-order valence-electron chi connectivity index (χ3n) is 1.96. The zero-order chi connectivity index (χ0) is 11.5. The van der Waals surface area contributed by atoms with Crippen LogP contribution in [0.2, 0.25) is 0 Å². The molecule has 0 aliphatic rings. The zero-order valence-electron chi connectivity index (χ0n) is 8.90. The maximum absolute atomic E-state index is 11.9. The van der Waals surface area contributed by atoms with Crippen molar-refractivity contribution >= 4 is 21.4 Å². The van der Waals surface area contributed by atoms with Crippen LogP contribution in [0.25, 0.3) is 0 Å². The van der Waals surface area contributed by atoms with Gasteiger partial charge in [-0.2, -0.15) is 0 Å². The van der Waals surface area contributed by atoms with Gasteiger partial charge < -0.3 is 0 Å². The van der Waals surface area contributed by atoms with Crippen LogP contribution in [0, 0.1) is 5.92 Å². The lowest BCUT2D eigenvalue weighted by Gasteiger charge is -2.07. The van der Waals surface area contributed by atoms with Gasteiger partial charge in [0.2, 0.25) is 0 Å². The lowest BCUT2D eigenvalue weighted by atomic mass is 10.2. The highest BCUT2D eigenvalue weighted by atomic mass is 35.5. The summed E-state index contributed by atoms with van der Waals surface area (Å²) in [7, 11) is -3.15. The minimum atomic E-state index is -3.15. The molecule has 0 radical (unpaired) electrons. The molecule has 1 aromatic carbocycles. The van der Waals surface area contributed by atoms with E-state index in [1.807, 2.05) is 19.9 Å². The lowest BCUT2D eigenvalue weighted by Crippen LogP contribution is -2.11. The maximum Gasteiger partial charge on any atom is 0.178 e. The monoisotopic (exact) mass is 246 g/mol. The minimum absolute atomic E-state index is 0.134. The molecule has 2 nitrogen and oxygen atoms in total. The summed E-state index contributed by atoms with van der Waals surface area (Å²) in [6, 6.07) is 6.81. The largest absolute Gasteiger partial charge is 0.224 e. The molecule has 0 heterocycles. The number of hydrogen-bond donors (Lipinski definition) is 0. The zero-order valence-corrected chi connectivity index (χ0v) is 10.5. The van der Waals surface area contributed by atoms with Crippen molar-refractivity contribution in [3.63, 3.8) is 0 Å². The van der Waals surface area contributed by atoms with Gasteiger partial charge in [0.25, 0.3) is 0 Å². The van der Waals surface area contributed by atoms with Crippen molar-refractivity contribution in [2.24, 2.45) is 5.92 Å². The molecule has 0 bridgehead atoms. The topological polar surface area (TPSA) is 34.1 Å². The average Bonchev–Trinajstić information content (AvgIpc) is 2.16. The molecule has 1 rings (SSSR count). The summed E-state index contributed by atoms with van der Waals surface area (Å²) in [6.07, 6.45) is 0. The summed E-state index contributed by atoms with van der Waals surface area (Å²) >= 11 is 5.66. The molecule has 0 saturated carbocycles. The Labute approximate surface area is 96.2 Å². The second kappa shape index (κ2) is 4.99. The molecule has 84 valence electrons. The molecule has 4 heteroatoms. The molecule has 0 unspecified atom stereocenters. The SMILES string of the molecule is CC(C)CS(=O)(=O)c1cccc(CCl)c1. The normalized spacial score (nSPS) is 12.0. The summed E-state index contributed by atoms with van der Waals surface area (Å²) < 4.78 is 23.7. The van der Waals surface area contributed by atoms with Gasteiger partial charge in [-0.15, -0.1) is 11.6 Å². The first-order chi connectivity index (χ1) is 6.95. The summed E-state index contributed by atoms with van der Waals surface area (Å²) in [4.78, 5) is 0.370. The van der Waals surface area contributed by atoms with E-state index in [1.165, 1.54) is 0 Å². The van der Waals surface area contributed by atoms with Crippen LogP contribution >= 0.6 is 11.6 Å². The molecule has 0 spiro atoms. The van der Waals surface area contributed by atoms with Gasteiger partial charge in [0.1, 0.15) is 0 Å². The molecule has 1 aromatic rings. The van der Waals surface area contributed by atoms with Gasteiger partial charge in [-0.05, 0) is 23.6 Å². The summed E-state index contributed by atoms with van der Waals surface area (Å²) in [6.45, 7) is 3.78. The molecule has 15 heavy (non-hydrogen) atoms. The first-order valence-electron chi connectivity index (χ1n) is 4.83. The molecule has 0 saturated heterocycles. The molecule has 0 amide bonds. The summed E-state index contributed by atoms with van der Waals surface area (Å²) in [5.74, 6) is 0.652. The molecule has 0 atom stereocenters. The standard InChI is InChI=1S/C11H15ClO2S/c1-9(2)8-15(13,14)11-5-3-4-10(6-11)7-12/h3-6,9H,7-8H2,1-2H3. The molecule has 0 aliphatic carbocycles. The number of hydrogen-bond acceptors (Lipinski definition) is 2. The van der Waals surface area contributed by atoms with Crippen molar-refractivity contribution in [1.29, 1.82) is 0 Å². The van der Waals surface area contributed by atoms with E-state index in [2.05, 4.69) is 0 Å². The highest BCUT2D eigenvalue weighted by molar-refractivity contribution is 7.91. The Balaban J connectivity index is 3.04. The smallest absolute Gasteiger partial charge is 0.178 e. The van der Waals surface area contributed by atoms with E-state index in [9.17, 15) is 8.42 Å². The van der Waals surface area contributed by atoms with E-state index >= 15 is 0 Å². The van der Waals surface area contributed by atoms with Gasteiger partial charge in [-0.3, -0.25) is 0 Å². The quantitative estimate of drug-likeness (QED) is 0.766. The van der Waals surface area contributed by atoms with Crippen LogP contribution in [-0.4, -0.2) is 14.2 Å². The molecular formula is C11H15ClO2S. The maximum atomic E-state index is 11.9. The Morgan fingerprint density at radius 3 is 2.53 bits per heavy atom. The van der Waals surface area contributed by atoms with Crippen molar-refractivity contribution in [2.75, 3.05) is 5.75 Å². The highest BCUT2D eigenvalue weighted by Gasteiger charge is 2.16. The fourth-order valence-electron chi connectivity index (χ4n) is 1.36. The van der Waals surface area contributed by atoms with Gasteiger partial charge in [-0.25, -0.2) is 8.42 Å². The van der Waals surface area contributed by atoms with E-state index in [0.717, 1.165) is 5.56 Å². The van der Waals surface area contributed by atoms with Crippen molar-refractivity contribution in [3.8, 4) is 0 Å². The van der Waals surface area contributed by atoms with Crippen molar-refractivity contribution in [3.05, 3.63) is 29.8 Å². The Morgan fingerprint density at radius 1 is 1.33 bits per heavy atom. The lowest BCUT2D eigenvalue weighted by molar-refractivity contribution is 0.582. The Morgan fingerprint density at radius 2 is 2.00 bits per heavy atom. The Hall–Kier alpha value is -0.540. The van der Waals surface area contributed by atoms with Crippen molar-refractivity contribution in [1.82, 2.24) is 0 Å². The molecule has 0 N–H and O–H groups in total. The molecular weight excluding hydrogens is 232 g/mol. The predicted molar refractivity (Wildman–Crippen MR) is 62.9 cm³/mol. The van der Waals surface area contributed by atoms with Crippen molar-refractivity contribution in [2.45, 2.75) is 24.6 Å². The number of benzene rings is 1. The van der Waals surface area contributed by atoms with Gasteiger partial charge >= 0.3 is 0 Å². The van der Waals surface area contributed by atoms with E-state index in [4.69, 9.17) is 11.6 Å². The summed E-state index contributed by atoms with van der Waals surface area (Å²) in [5.41, 5.74) is 0.835. The van der Waals surface area contributed by atoms with Crippen molar-refractivity contribution < 1.29 is 8.42 Å². The fourth-order valence-corrected chi connectivity index (χ4v) is 3.21. The molecule has 0 fully saturated rings. The molecule has 0 aromatic heterocycles. The van der Waals surface area contributed by atoms with Crippen LogP contribution in [0.3, 0.4) is 0 Å². The van der Waals surface area contributed by atoms with Gasteiger partial charge in [0, 0.05) is 5.88 Å². The van der Waals surface area contributed by atoms with Crippen LogP contribution in [-0.2, 0) is 15.7 Å². The van der Waals surface area contributed by atoms with Gasteiger partial charge in [0.05, 0.1) is 10.6 Å². The number of rotatable bonds is 4. The van der Waals surface area contributed by atoms with Crippen LogP contribution in [0.5, 0.6) is 0 Å². The van der Waals surface area contributed by atoms with Crippen LogP contribution < -0.4 is 0 Å². The number of halogens is 1. The second-order valence-corrected chi connectivity index (χ2v) is 6.26. The number of sulfone groups is 1. The third-order valence-corrected chi connectivity index (χ3v) is 4.35. The Kier molecular flexibility index (Phi) is 4.17. The Bertz CT molecular complexity index is 424. The highest BCUT2D eigenvalue weighted by Crippen LogP contribution is 2.16. The first-order valence-corrected chi connectivity index (χ1v) is 7.02. The van der Waals surface area contributed by atoms with Crippen LogP contribution in [0.4, 0.5) is 0 Å². The second-order valence-electron chi connectivity index (χ2n) is 3.96. The minimum Gasteiger partial charge on any atom is -0.224 e. The summed E-state index contributed by atoms with van der Waals surface area (Å²) in [5, 5.41) is 0. The van der Waals surface area contributed by atoms with Crippen LogP contribution in [0.15, 0.2) is 29.2 Å². The van der Waals surface area contributed by atoms with E-state index in [1.54, 1.807) is 18.2 Å². The molecule has 0 aliphatic heterocycles. The van der Waals surface area contributed by atoms with Gasteiger partial charge in [-0.1, -0.05) is 26.0 Å². The number of alkyl halides is 1. The third kappa shape index (κ3) is 3.50. The average molecular weight is 247 g/mol.